The fraction of sp³-hybridized carbons (Fsp3) is 0.667. The van der Waals surface area contributed by atoms with Crippen LogP contribution in [0.3, 0.4) is 0 Å². The molecule has 3 aliphatic rings. The van der Waals surface area contributed by atoms with Crippen molar-refractivity contribution < 1.29 is 23.9 Å². The minimum absolute atomic E-state index is 0.00893. The van der Waals surface area contributed by atoms with Crippen LogP contribution in [-0.4, -0.2) is 85.6 Å². The van der Waals surface area contributed by atoms with Gasteiger partial charge in [0.2, 0.25) is 11.8 Å². The van der Waals surface area contributed by atoms with E-state index < -0.39 is 0 Å². The average Bonchev–Trinajstić information content (AvgIpc) is 2.87. The summed E-state index contributed by atoms with van der Waals surface area (Å²) in [5.41, 5.74) is 1.02. The van der Waals surface area contributed by atoms with E-state index in [0.29, 0.717) is 49.4 Å². The molecule has 0 radical (unpaired) electrons. The molecule has 0 unspecified atom stereocenters. The Morgan fingerprint density at radius 3 is 2.69 bits per heavy atom. The molecule has 1 aromatic rings. The Bertz CT molecular complexity index is 933. The first-order valence-electron chi connectivity index (χ1n) is 13.4. The number of carbonyl (C=O) groups is 3. The maximum atomic E-state index is 13.3. The number of fused-ring (bicyclic) bond motifs is 2. The maximum absolute atomic E-state index is 13.3. The lowest BCUT2D eigenvalue weighted by Crippen LogP contribution is -2.54. The van der Waals surface area contributed by atoms with Gasteiger partial charge in [-0.3, -0.25) is 14.4 Å². The van der Waals surface area contributed by atoms with Crippen LogP contribution in [0.2, 0.25) is 0 Å². The molecule has 3 heterocycles. The standard InChI is InChI=1S/C27H40N4O5/c1-3-7-25(32)29-19-8-11-23-21(16-19)27(34)30(2)22-10-9-20(36-24(22)18-35-23)17-26(33)28-12-15-31-13-5-4-6-14-31/h8,11,16,20,22,24H,3-7,9-10,12-15,17-18H2,1-2H3,(H,28,33)(H,29,32)/t20-,22-,24-/m1/s1. The minimum atomic E-state index is -0.309. The van der Waals surface area contributed by atoms with Crippen LogP contribution in [0, 0.1) is 0 Å². The molecule has 3 aliphatic heterocycles. The second-order valence-electron chi connectivity index (χ2n) is 10.1. The van der Waals surface area contributed by atoms with E-state index in [-0.39, 0.29) is 36.0 Å². The molecule has 9 heteroatoms. The highest BCUT2D eigenvalue weighted by atomic mass is 16.5. The van der Waals surface area contributed by atoms with Crippen LogP contribution in [0.1, 0.15) is 68.6 Å². The first kappa shape index (κ1) is 26.4. The van der Waals surface area contributed by atoms with Crippen molar-refractivity contribution in [1.82, 2.24) is 15.1 Å². The highest BCUT2D eigenvalue weighted by Crippen LogP contribution is 2.32. The van der Waals surface area contributed by atoms with Crippen molar-refractivity contribution in [2.24, 2.45) is 0 Å². The number of likely N-dealkylation sites (tertiary alicyclic amines) is 1. The fourth-order valence-corrected chi connectivity index (χ4v) is 5.37. The predicted octanol–water partition coefficient (Wildman–Crippen LogP) is 2.80. The molecule has 0 spiro atoms. The first-order valence-corrected chi connectivity index (χ1v) is 13.4. The number of anilines is 1. The van der Waals surface area contributed by atoms with Crippen molar-refractivity contribution >= 4 is 23.4 Å². The zero-order chi connectivity index (χ0) is 25.5. The van der Waals surface area contributed by atoms with E-state index >= 15 is 0 Å². The summed E-state index contributed by atoms with van der Waals surface area (Å²) in [5.74, 6) is 0.241. The van der Waals surface area contributed by atoms with Crippen molar-refractivity contribution in [3.63, 3.8) is 0 Å². The van der Waals surface area contributed by atoms with Crippen LogP contribution in [0.4, 0.5) is 5.69 Å². The number of hydrogen-bond acceptors (Lipinski definition) is 6. The quantitative estimate of drug-likeness (QED) is 0.569. The number of nitrogens with one attached hydrogen (secondary N) is 2. The first-order chi connectivity index (χ1) is 17.4. The predicted molar refractivity (Wildman–Crippen MR) is 137 cm³/mol. The van der Waals surface area contributed by atoms with Gasteiger partial charge in [0.1, 0.15) is 18.5 Å². The molecule has 2 saturated heterocycles. The Morgan fingerprint density at radius 1 is 1.11 bits per heavy atom. The van der Waals surface area contributed by atoms with Gasteiger partial charge in [-0.25, -0.2) is 0 Å². The number of nitrogens with zero attached hydrogens (tertiary/aromatic N) is 2. The normalized spacial score (nSPS) is 24.6. The third kappa shape index (κ3) is 6.76. The van der Waals surface area contributed by atoms with E-state index in [9.17, 15) is 14.4 Å². The van der Waals surface area contributed by atoms with Gasteiger partial charge < -0.3 is 29.9 Å². The molecule has 9 nitrogen and oxygen atoms in total. The minimum Gasteiger partial charge on any atom is -0.490 e. The van der Waals surface area contributed by atoms with Crippen LogP contribution >= 0.6 is 0 Å². The van der Waals surface area contributed by atoms with Gasteiger partial charge in [0.05, 0.1) is 24.1 Å². The van der Waals surface area contributed by atoms with Crippen LogP contribution in [0.15, 0.2) is 18.2 Å². The molecule has 3 amide bonds. The van der Waals surface area contributed by atoms with Gasteiger partial charge in [0.25, 0.3) is 5.91 Å². The summed E-state index contributed by atoms with van der Waals surface area (Å²) in [6.45, 7) is 6.04. The van der Waals surface area contributed by atoms with Gasteiger partial charge >= 0.3 is 0 Å². The summed E-state index contributed by atoms with van der Waals surface area (Å²) in [7, 11) is 1.79. The lowest BCUT2D eigenvalue weighted by molar-refractivity contribution is -0.134. The average molecular weight is 501 g/mol. The lowest BCUT2D eigenvalue weighted by atomic mass is 9.94. The lowest BCUT2D eigenvalue weighted by Gasteiger charge is -2.42. The summed E-state index contributed by atoms with van der Waals surface area (Å²) in [6.07, 6.45) is 6.24. The van der Waals surface area contributed by atoms with Crippen LogP contribution in [-0.2, 0) is 14.3 Å². The van der Waals surface area contributed by atoms with E-state index in [0.717, 1.165) is 32.5 Å². The molecule has 4 rings (SSSR count). The summed E-state index contributed by atoms with van der Waals surface area (Å²) < 4.78 is 12.3. The van der Waals surface area contributed by atoms with Gasteiger partial charge in [-0.05, 0) is 63.4 Å². The number of rotatable bonds is 8. The van der Waals surface area contributed by atoms with Crippen molar-refractivity contribution in [2.75, 3.05) is 45.2 Å². The van der Waals surface area contributed by atoms with Crippen molar-refractivity contribution in [3.05, 3.63) is 23.8 Å². The van der Waals surface area contributed by atoms with Gasteiger partial charge in [0, 0.05) is 32.2 Å². The SMILES string of the molecule is CCCC(=O)Nc1ccc2c(c1)C(=O)N(C)[C@@H]1CC[C@H](CC(=O)NCCN3CCCCC3)O[C@@H]1CO2. The van der Waals surface area contributed by atoms with Gasteiger partial charge in [-0.2, -0.15) is 0 Å². The Labute approximate surface area is 213 Å². The number of benzene rings is 1. The van der Waals surface area contributed by atoms with E-state index in [1.807, 2.05) is 6.92 Å². The topological polar surface area (TPSA) is 100 Å². The van der Waals surface area contributed by atoms with Crippen LogP contribution < -0.4 is 15.4 Å². The van der Waals surface area contributed by atoms with Gasteiger partial charge in [0.15, 0.2) is 0 Å². The molecule has 2 N–H and O–H groups in total. The van der Waals surface area contributed by atoms with Crippen molar-refractivity contribution in [1.29, 1.82) is 0 Å². The van der Waals surface area contributed by atoms with Crippen LogP contribution in [0.25, 0.3) is 0 Å². The second-order valence-corrected chi connectivity index (χ2v) is 10.1. The molecule has 36 heavy (non-hydrogen) atoms. The summed E-state index contributed by atoms with van der Waals surface area (Å²) in [4.78, 5) is 42.0. The molecule has 0 aromatic heterocycles. The van der Waals surface area contributed by atoms with Crippen molar-refractivity contribution in [3.8, 4) is 5.75 Å². The van der Waals surface area contributed by atoms with E-state index in [1.54, 1.807) is 30.1 Å². The molecule has 198 valence electrons. The van der Waals surface area contributed by atoms with Crippen LogP contribution in [0.5, 0.6) is 5.75 Å². The molecule has 1 aromatic carbocycles. The zero-order valence-electron chi connectivity index (χ0n) is 21.6. The fourth-order valence-electron chi connectivity index (χ4n) is 5.37. The van der Waals surface area contributed by atoms with E-state index in [4.69, 9.17) is 9.47 Å². The number of hydrogen-bond donors (Lipinski definition) is 2. The number of amides is 3. The van der Waals surface area contributed by atoms with Gasteiger partial charge in [-0.15, -0.1) is 0 Å². The monoisotopic (exact) mass is 500 g/mol. The molecule has 2 fully saturated rings. The highest BCUT2D eigenvalue weighted by Gasteiger charge is 2.39. The molecule has 0 saturated carbocycles. The van der Waals surface area contributed by atoms with E-state index in [2.05, 4.69) is 15.5 Å². The second kappa shape index (κ2) is 12.5. The largest absolute Gasteiger partial charge is 0.490 e. The van der Waals surface area contributed by atoms with E-state index in [1.165, 1.54) is 19.3 Å². The molecular formula is C27H40N4O5. The molecule has 0 bridgehead atoms. The number of ether oxygens (including phenoxy) is 2. The number of likely N-dealkylation sites (N-methyl/N-ethyl adjacent to an activating group) is 1. The maximum Gasteiger partial charge on any atom is 0.257 e. The Kier molecular flexibility index (Phi) is 9.20. The summed E-state index contributed by atoms with van der Waals surface area (Å²) in [6, 6.07) is 5.02. The summed E-state index contributed by atoms with van der Waals surface area (Å²) >= 11 is 0. The molecule has 3 atom stereocenters. The number of carbonyl (C=O) groups excluding carboxylic acids is 3. The van der Waals surface area contributed by atoms with Gasteiger partial charge in [-0.1, -0.05) is 13.3 Å². The van der Waals surface area contributed by atoms with Crippen molar-refractivity contribution in [2.45, 2.75) is 76.5 Å². The smallest absolute Gasteiger partial charge is 0.257 e. The third-order valence-electron chi connectivity index (χ3n) is 7.38. The Morgan fingerprint density at radius 2 is 1.92 bits per heavy atom. The number of piperidine rings is 1. The molecular weight excluding hydrogens is 460 g/mol. The molecule has 0 aliphatic carbocycles. The zero-order valence-corrected chi connectivity index (χ0v) is 21.6. The Hall–Kier alpha value is -2.65. The summed E-state index contributed by atoms with van der Waals surface area (Å²) in [5, 5.41) is 5.89. The third-order valence-corrected chi connectivity index (χ3v) is 7.38. The Balaban J connectivity index is 1.32. The highest BCUT2D eigenvalue weighted by molar-refractivity contribution is 5.99.